The van der Waals surface area contributed by atoms with Crippen LogP contribution in [0.15, 0.2) is 24.3 Å². The van der Waals surface area contributed by atoms with E-state index in [2.05, 4.69) is 24.1 Å². The van der Waals surface area contributed by atoms with Gasteiger partial charge in [0.1, 0.15) is 6.04 Å². The van der Waals surface area contributed by atoms with Crippen molar-refractivity contribution in [2.24, 2.45) is 5.73 Å². The van der Waals surface area contributed by atoms with Crippen molar-refractivity contribution < 1.29 is 4.79 Å². The third kappa shape index (κ3) is 5.01. The van der Waals surface area contributed by atoms with Crippen LogP contribution in [-0.4, -0.2) is 37.0 Å². The number of likely N-dealkylation sites (N-methyl/N-ethyl adjacent to an activating group) is 1. The summed E-state index contributed by atoms with van der Waals surface area (Å²) in [6, 6.07) is 7.17. The standard InChI is InChI=1S/C15H25N3O/c1-4-18(5-2)11-10-17-15(19)14(16)13-8-6-12(3)7-9-13/h6-9,14H,4-5,10-11,16H2,1-3H3,(H,17,19). The van der Waals surface area contributed by atoms with Crippen molar-refractivity contribution in [2.75, 3.05) is 26.2 Å². The van der Waals surface area contributed by atoms with Crippen LogP contribution in [-0.2, 0) is 4.79 Å². The van der Waals surface area contributed by atoms with Crippen LogP contribution in [0.2, 0.25) is 0 Å². The Morgan fingerprint density at radius 1 is 1.26 bits per heavy atom. The highest BCUT2D eigenvalue weighted by molar-refractivity contribution is 5.82. The Morgan fingerprint density at radius 3 is 2.37 bits per heavy atom. The number of nitrogens with zero attached hydrogens (tertiary/aromatic N) is 1. The molecule has 1 aromatic carbocycles. The van der Waals surface area contributed by atoms with E-state index >= 15 is 0 Å². The fourth-order valence-electron chi connectivity index (χ4n) is 1.91. The van der Waals surface area contributed by atoms with E-state index in [-0.39, 0.29) is 5.91 Å². The van der Waals surface area contributed by atoms with Crippen LogP contribution in [0.5, 0.6) is 0 Å². The highest BCUT2D eigenvalue weighted by Gasteiger charge is 2.14. The van der Waals surface area contributed by atoms with Gasteiger partial charge in [-0.25, -0.2) is 0 Å². The van der Waals surface area contributed by atoms with Gasteiger partial charge in [0.05, 0.1) is 0 Å². The second-order valence-electron chi connectivity index (χ2n) is 4.71. The molecule has 0 heterocycles. The molecule has 0 aliphatic heterocycles. The molecule has 4 nitrogen and oxygen atoms in total. The maximum Gasteiger partial charge on any atom is 0.241 e. The number of benzene rings is 1. The molecule has 1 unspecified atom stereocenters. The van der Waals surface area contributed by atoms with Gasteiger partial charge in [-0.15, -0.1) is 0 Å². The smallest absolute Gasteiger partial charge is 0.241 e. The summed E-state index contributed by atoms with van der Waals surface area (Å²) in [6.07, 6.45) is 0. The Kier molecular flexibility index (Phi) is 6.53. The minimum absolute atomic E-state index is 0.115. The van der Waals surface area contributed by atoms with Crippen LogP contribution in [0.4, 0.5) is 0 Å². The molecule has 0 radical (unpaired) electrons. The second kappa shape index (κ2) is 7.92. The van der Waals surface area contributed by atoms with Gasteiger partial charge in [0.25, 0.3) is 0 Å². The molecule has 19 heavy (non-hydrogen) atoms. The summed E-state index contributed by atoms with van der Waals surface area (Å²) >= 11 is 0. The van der Waals surface area contributed by atoms with Gasteiger partial charge in [0.2, 0.25) is 5.91 Å². The maximum atomic E-state index is 11.9. The van der Waals surface area contributed by atoms with Gasteiger partial charge in [-0.2, -0.15) is 0 Å². The highest BCUT2D eigenvalue weighted by Crippen LogP contribution is 2.11. The number of hydrogen-bond acceptors (Lipinski definition) is 3. The van der Waals surface area contributed by atoms with E-state index in [0.717, 1.165) is 30.8 Å². The largest absolute Gasteiger partial charge is 0.353 e. The molecule has 0 aliphatic rings. The molecule has 4 heteroatoms. The van der Waals surface area contributed by atoms with E-state index in [1.165, 1.54) is 0 Å². The Balaban J connectivity index is 2.42. The number of nitrogens with one attached hydrogen (secondary N) is 1. The molecule has 0 aliphatic carbocycles. The highest BCUT2D eigenvalue weighted by atomic mass is 16.2. The summed E-state index contributed by atoms with van der Waals surface area (Å²) in [7, 11) is 0. The first-order chi connectivity index (χ1) is 9.08. The van der Waals surface area contributed by atoms with E-state index in [9.17, 15) is 4.79 Å². The zero-order chi connectivity index (χ0) is 14.3. The lowest BCUT2D eigenvalue weighted by Crippen LogP contribution is -2.39. The van der Waals surface area contributed by atoms with Crippen LogP contribution in [0.25, 0.3) is 0 Å². The molecule has 0 bridgehead atoms. The molecule has 1 atom stereocenters. The van der Waals surface area contributed by atoms with Crippen LogP contribution >= 0.6 is 0 Å². The topological polar surface area (TPSA) is 58.4 Å². The van der Waals surface area contributed by atoms with E-state index in [0.29, 0.717) is 6.54 Å². The average molecular weight is 263 g/mol. The van der Waals surface area contributed by atoms with Gasteiger partial charge in [-0.05, 0) is 25.6 Å². The fourth-order valence-corrected chi connectivity index (χ4v) is 1.91. The molecular weight excluding hydrogens is 238 g/mol. The van der Waals surface area contributed by atoms with Gasteiger partial charge < -0.3 is 16.0 Å². The van der Waals surface area contributed by atoms with E-state index in [4.69, 9.17) is 5.73 Å². The first kappa shape index (κ1) is 15.7. The number of nitrogens with two attached hydrogens (primary N) is 1. The van der Waals surface area contributed by atoms with Crippen molar-refractivity contribution >= 4 is 5.91 Å². The van der Waals surface area contributed by atoms with Crippen molar-refractivity contribution in [3.8, 4) is 0 Å². The Hall–Kier alpha value is -1.39. The molecule has 1 amide bonds. The molecule has 106 valence electrons. The van der Waals surface area contributed by atoms with Gasteiger partial charge in [-0.3, -0.25) is 4.79 Å². The lowest BCUT2D eigenvalue weighted by atomic mass is 10.1. The number of rotatable bonds is 7. The third-order valence-electron chi connectivity index (χ3n) is 3.34. The minimum Gasteiger partial charge on any atom is -0.353 e. The van der Waals surface area contributed by atoms with E-state index in [1.807, 2.05) is 31.2 Å². The van der Waals surface area contributed by atoms with E-state index in [1.54, 1.807) is 0 Å². The van der Waals surface area contributed by atoms with Gasteiger partial charge in [0.15, 0.2) is 0 Å². The number of amides is 1. The first-order valence-electron chi connectivity index (χ1n) is 6.90. The molecule has 3 N–H and O–H groups in total. The number of aryl methyl sites for hydroxylation is 1. The SMILES string of the molecule is CCN(CC)CCNC(=O)C(N)c1ccc(C)cc1. The lowest BCUT2D eigenvalue weighted by molar-refractivity contribution is -0.122. The maximum absolute atomic E-state index is 11.9. The fraction of sp³-hybridized carbons (Fsp3) is 0.533. The monoisotopic (exact) mass is 263 g/mol. The Labute approximate surface area is 116 Å². The summed E-state index contributed by atoms with van der Waals surface area (Å²) in [4.78, 5) is 14.2. The van der Waals surface area contributed by atoms with Crippen LogP contribution in [0, 0.1) is 6.92 Å². The van der Waals surface area contributed by atoms with Crippen molar-refractivity contribution in [1.29, 1.82) is 0 Å². The molecule has 0 aromatic heterocycles. The minimum atomic E-state index is -0.586. The predicted molar refractivity (Wildman–Crippen MR) is 78.9 cm³/mol. The van der Waals surface area contributed by atoms with Crippen molar-refractivity contribution in [3.05, 3.63) is 35.4 Å². The number of hydrogen-bond donors (Lipinski definition) is 2. The summed E-state index contributed by atoms with van der Waals surface area (Å²) < 4.78 is 0. The van der Waals surface area contributed by atoms with Crippen LogP contribution < -0.4 is 11.1 Å². The molecule has 1 rings (SSSR count). The quantitative estimate of drug-likeness (QED) is 0.783. The molecule has 0 fully saturated rings. The van der Waals surface area contributed by atoms with Crippen LogP contribution in [0.1, 0.15) is 31.0 Å². The Morgan fingerprint density at radius 2 is 1.84 bits per heavy atom. The summed E-state index contributed by atoms with van der Waals surface area (Å²) in [6.45, 7) is 9.73. The number of carbonyl (C=O) groups excluding carboxylic acids is 1. The molecule has 0 saturated carbocycles. The third-order valence-corrected chi connectivity index (χ3v) is 3.34. The molecular formula is C15H25N3O. The second-order valence-corrected chi connectivity index (χ2v) is 4.71. The zero-order valence-corrected chi connectivity index (χ0v) is 12.1. The van der Waals surface area contributed by atoms with E-state index < -0.39 is 6.04 Å². The first-order valence-corrected chi connectivity index (χ1v) is 6.90. The molecule has 0 saturated heterocycles. The average Bonchev–Trinajstić information content (AvgIpc) is 2.43. The molecule has 0 spiro atoms. The normalized spacial score (nSPS) is 12.5. The van der Waals surface area contributed by atoms with Gasteiger partial charge in [0, 0.05) is 13.1 Å². The van der Waals surface area contributed by atoms with Crippen molar-refractivity contribution in [2.45, 2.75) is 26.8 Å². The summed E-state index contributed by atoms with van der Waals surface area (Å²) in [5, 5.41) is 2.89. The molecule has 1 aromatic rings. The van der Waals surface area contributed by atoms with Crippen molar-refractivity contribution in [1.82, 2.24) is 10.2 Å². The van der Waals surface area contributed by atoms with Gasteiger partial charge >= 0.3 is 0 Å². The van der Waals surface area contributed by atoms with Crippen molar-refractivity contribution in [3.63, 3.8) is 0 Å². The zero-order valence-electron chi connectivity index (χ0n) is 12.1. The summed E-state index contributed by atoms with van der Waals surface area (Å²) in [5.41, 5.74) is 7.96. The lowest BCUT2D eigenvalue weighted by Gasteiger charge is -2.19. The predicted octanol–water partition coefficient (Wildman–Crippen LogP) is 1.45. The summed E-state index contributed by atoms with van der Waals surface area (Å²) in [5.74, 6) is -0.115. The van der Waals surface area contributed by atoms with Crippen LogP contribution in [0.3, 0.4) is 0 Å². The Bertz CT molecular complexity index is 385. The number of carbonyl (C=O) groups is 1. The van der Waals surface area contributed by atoms with Gasteiger partial charge in [-0.1, -0.05) is 43.7 Å².